The summed E-state index contributed by atoms with van der Waals surface area (Å²) in [5.74, 6) is -1.00. The first-order chi connectivity index (χ1) is 25.8. The van der Waals surface area contributed by atoms with Gasteiger partial charge < -0.3 is 24.6 Å². The van der Waals surface area contributed by atoms with Crippen LogP contribution in [0.15, 0.2) is 0 Å². The van der Waals surface area contributed by atoms with Crippen LogP contribution < -0.4 is 0 Å². The lowest BCUT2D eigenvalue weighted by molar-refractivity contribution is -0.153. The molecule has 0 aliphatic carbocycles. The van der Waals surface area contributed by atoms with Crippen LogP contribution in [0.5, 0.6) is 0 Å². The number of ether oxygens (including phenoxy) is 2. The van der Waals surface area contributed by atoms with E-state index >= 15 is 0 Å². The molecule has 0 aliphatic heterocycles. The molecule has 0 saturated heterocycles. The van der Waals surface area contributed by atoms with Crippen molar-refractivity contribution < 1.29 is 47.8 Å². The minimum Gasteiger partial charge on any atom is -0.457 e. The smallest absolute Gasteiger partial charge is 0.457 e. The van der Waals surface area contributed by atoms with Gasteiger partial charge in [-0.25, -0.2) is 4.57 Å². The zero-order valence-electron chi connectivity index (χ0n) is 34.3. The fourth-order valence-electron chi connectivity index (χ4n) is 6.41. The average Bonchev–Trinajstić information content (AvgIpc) is 3.14. The number of carbonyl (C=O) groups is 2. The standard InChI is InChI=1S/C42H83O10P/c1-3-5-7-9-11-13-15-17-19-21-23-25-27-29-31-33-41(45)51-39(35-43)37-49-53(47,48)50-38-40(36-44)52-42(46)34-32-30-28-26-24-22-20-18-16-14-12-10-8-6-4-2/h39-40,43-44H,3-38H2,1-2H3,(H,47,48)/t39-,40-/m1/s1. The number of hydrogen-bond acceptors (Lipinski definition) is 9. The lowest BCUT2D eigenvalue weighted by Crippen LogP contribution is -2.28. The van der Waals surface area contributed by atoms with Crippen LogP contribution in [0.3, 0.4) is 0 Å². The molecule has 3 N–H and O–H groups in total. The van der Waals surface area contributed by atoms with E-state index in [0.29, 0.717) is 12.8 Å². The van der Waals surface area contributed by atoms with Gasteiger partial charge >= 0.3 is 19.8 Å². The molecule has 0 amide bonds. The van der Waals surface area contributed by atoms with E-state index in [1.54, 1.807) is 0 Å². The fourth-order valence-corrected chi connectivity index (χ4v) is 7.19. The Balaban J connectivity index is 3.88. The van der Waals surface area contributed by atoms with Crippen LogP contribution in [0.4, 0.5) is 0 Å². The molecule has 0 bridgehead atoms. The number of rotatable bonds is 42. The van der Waals surface area contributed by atoms with Crippen LogP contribution >= 0.6 is 7.82 Å². The van der Waals surface area contributed by atoms with Crippen LogP contribution in [-0.2, 0) is 32.7 Å². The van der Waals surface area contributed by atoms with Crippen molar-refractivity contribution >= 4 is 19.8 Å². The molecular formula is C42H83O10P. The monoisotopic (exact) mass is 779 g/mol. The summed E-state index contributed by atoms with van der Waals surface area (Å²) < 4.78 is 32.6. The molecule has 0 saturated carbocycles. The third kappa shape index (κ3) is 37.7. The zero-order valence-corrected chi connectivity index (χ0v) is 35.2. The molecule has 0 fully saturated rings. The Bertz CT molecular complexity index is 794. The van der Waals surface area contributed by atoms with Crippen LogP contribution in [0.2, 0.25) is 0 Å². The Morgan fingerprint density at radius 1 is 0.434 bits per heavy atom. The second kappa shape index (κ2) is 39.2. The van der Waals surface area contributed by atoms with Crippen LogP contribution in [0, 0.1) is 0 Å². The molecule has 53 heavy (non-hydrogen) atoms. The maximum absolute atomic E-state index is 12.4. The van der Waals surface area contributed by atoms with E-state index in [-0.39, 0.29) is 12.8 Å². The number of unbranched alkanes of at least 4 members (excludes halogenated alkanes) is 28. The molecule has 2 atom stereocenters. The highest BCUT2D eigenvalue weighted by Gasteiger charge is 2.27. The summed E-state index contributed by atoms with van der Waals surface area (Å²) in [5, 5.41) is 19.2. The molecule has 11 heteroatoms. The molecule has 0 aromatic carbocycles. The minimum absolute atomic E-state index is 0.199. The first-order valence-electron chi connectivity index (χ1n) is 22.0. The van der Waals surface area contributed by atoms with Gasteiger partial charge in [0.05, 0.1) is 26.4 Å². The normalized spacial score (nSPS) is 12.9. The molecular weight excluding hydrogens is 695 g/mol. The van der Waals surface area contributed by atoms with Gasteiger partial charge in [-0.15, -0.1) is 0 Å². The van der Waals surface area contributed by atoms with Crippen molar-refractivity contribution in [1.29, 1.82) is 0 Å². The number of carbonyl (C=O) groups excluding carboxylic acids is 2. The predicted octanol–water partition coefficient (Wildman–Crippen LogP) is 11.5. The van der Waals surface area contributed by atoms with Crippen LogP contribution in [-0.4, -0.2) is 65.7 Å². The third-order valence-corrected chi connectivity index (χ3v) is 10.8. The van der Waals surface area contributed by atoms with Gasteiger partial charge in [0.2, 0.25) is 0 Å². The highest BCUT2D eigenvalue weighted by Crippen LogP contribution is 2.43. The number of aliphatic hydroxyl groups excluding tert-OH is 2. The van der Waals surface area contributed by atoms with Gasteiger partial charge in [0, 0.05) is 12.8 Å². The molecule has 0 aliphatic rings. The van der Waals surface area contributed by atoms with Gasteiger partial charge in [-0.2, -0.15) is 0 Å². The predicted molar refractivity (Wildman–Crippen MR) is 215 cm³/mol. The SMILES string of the molecule is CCCCCCCCCCCCCCCCCC(=O)O[C@H](CO)COP(=O)(O)OC[C@@H](CO)OC(=O)CCCCCCCCCCCCCCCCC. The summed E-state index contributed by atoms with van der Waals surface area (Å²) in [6.07, 6.45) is 35.0. The highest BCUT2D eigenvalue weighted by atomic mass is 31.2. The van der Waals surface area contributed by atoms with Gasteiger partial charge in [0.15, 0.2) is 0 Å². The number of phosphoric acid groups is 1. The lowest BCUT2D eigenvalue weighted by Gasteiger charge is -2.20. The van der Waals surface area contributed by atoms with Crippen molar-refractivity contribution in [3.05, 3.63) is 0 Å². The second-order valence-corrected chi connectivity index (χ2v) is 16.5. The van der Waals surface area contributed by atoms with Crippen molar-refractivity contribution in [1.82, 2.24) is 0 Å². The quantitative estimate of drug-likeness (QED) is 0.0310. The maximum atomic E-state index is 12.4. The van der Waals surface area contributed by atoms with Gasteiger partial charge in [-0.1, -0.05) is 194 Å². The van der Waals surface area contributed by atoms with E-state index in [4.69, 9.17) is 18.5 Å². The van der Waals surface area contributed by atoms with Gasteiger partial charge in [0.25, 0.3) is 0 Å². The molecule has 316 valence electrons. The highest BCUT2D eigenvalue weighted by molar-refractivity contribution is 7.47. The van der Waals surface area contributed by atoms with Crippen molar-refractivity contribution in [2.75, 3.05) is 26.4 Å². The lowest BCUT2D eigenvalue weighted by atomic mass is 10.0. The average molecular weight is 779 g/mol. The van der Waals surface area contributed by atoms with Crippen LogP contribution in [0.1, 0.15) is 219 Å². The number of phosphoric ester groups is 1. The number of aliphatic hydroxyl groups is 2. The summed E-state index contributed by atoms with van der Waals surface area (Å²) >= 11 is 0. The molecule has 0 radical (unpaired) electrons. The summed E-state index contributed by atoms with van der Waals surface area (Å²) in [6.45, 7) is 2.25. The molecule has 0 heterocycles. The van der Waals surface area contributed by atoms with E-state index in [2.05, 4.69) is 13.8 Å². The Morgan fingerprint density at radius 2 is 0.660 bits per heavy atom. The Kier molecular flexibility index (Phi) is 38.5. The van der Waals surface area contributed by atoms with E-state index in [0.717, 1.165) is 38.5 Å². The van der Waals surface area contributed by atoms with E-state index in [9.17, 15) is 29.3 Å². The van der Waals surface area contributed by atoms with Gasteiger partial charge in [-0.3, -0.25) is 18.6 Å². The van der Waals surface area contributed by atoms with E-state index in [1.165, 1.54) is 141 Å². The summed E-state index contributed by atoms with van der Waals surface area (Å²) in [7, 11) is -4.63. The summed E-state index contributed by atoms with van der Waals surface area (Å²) in [6, 6.07) is 0. The van der Waals surface area contributed by atoms with E-state index in [1.807, 2.05) is 0 Å². The van der Waals surface area contributed by atoms with Crippen molar-refractivity contribution in [2.24, 2.45) is 0 Å². The summed E-state index contributed by atoms with van der Waals surface area (Å²) in [4.78, 5) is 34.5. The molecule has 0 spiro atoms. The molecule has 0 aromatic rings. The van der Waals surface area contributed by atoms with Gasteiger partial charge in [-0.05, 0) is 12.8 Å². The van der Waals surface area contributed by atoms with Crippen molar-refractivity contribution in [3.8, 4) is 0 Å². The molecule has 0 aromatic heterocycles. The van der Waals surface area contributed by atoms with Gasteiger partial charge in [0.1, 0.15) is 12.2 Å². The largest absolute Gasteiger partial charge is 0.472 e. The molecule has 0 unspecified atom stereocenters. The Labute approximate surface area is 324 Å². The maximum Gasteiger partial charge on any atom is 0.472 e. The van der Waals surface area contributed by atoms with Crippen molar-refractivity contribution in [2.45, 2.75) is 232 Å². The first kappa shape index (κ1) is 52.0. The molecule has 10 nitrogen and oxygen atoms in total. The topological polar surface area (TPSA) is 149 Å². The second-order valence-electron chi connectivity index (χ2n) is 15.0. The number of hydrogen-bond donors (Lipinski definition) is 3. The zero-order chi connectivity index (χ0) is 39.1. The minimum atomic E-state index is -4.63. The molecule has 0 rings (SSSR count). The Morgan fingerprint density at radius 3 is 0.887 bits per heavy atom. The van der Waals surface area contributed by atoms with E-state index < -0.39 is 58.4 Å². The van der Waals surface area contributed by atoms with Crippen LogP contribution in [0.25, 0.3) is 0 Å². The summed E-state index contributed by atoms with van der Waals surface area (Å²) in [5.41, 5.74) is 0. The fraction of sp³-hybridized carbons (Fsp3) is 0.952. The Hall–Kier alpha value is -1.03. The first-order valence-corrected chi connectivity index (χ1v) is 23.5. The number of esters is 2. The third-order valence-electron chi connectivity index (χ3n) is 9.82. The van der Waals surface area contributed by atoms with Crippen molar-refractivity contribution in [3.63, 3.8) is 0 Å².